The first-order valence-corrected chi connectivity index (χ1v) is 7.88. The van der Waals surface area contributed by atoms with Crippen molar-refractivity contribution in [2.75, 3.05) is 23.8 Å². The lowest BCUT2D eigenvalue weighted by molar-refractivity contribution is 0.105. The quantitative estimate of drug-likeness (QED) is 0.555. The molecule has 1 aromatic carbocycles. The Bertz CT molecular complexity index is 458. The number of benzene rings is 1. The summed E-state index contributed by atoms with van der Waals surface area (Å²) in [6, 6.07) is 7.36. The van der Waals surface area contributed by atoms with E-state index in [4.69, 9.17) is 5.11 Å². The summed E-state index contributed by atoms with van der Waals surface area (Å²) in [7, 11) is 0. The Morgan fingerprint density at radius 2 is 1.77 bits per heavy atom. The summed E-state index contributed by atoms with van der Waals surface area (Å²) in [5.74, 6) is 0. The molecule has 0 saturated heterocycles. The fourth-order valence-electron chi connectivity index (χ4n) is 2.57. The van der Waals surface area contributed by atoms with Gasteiger partial charge in [0.25, 0.3) is 0 Å². The number of nitrogens with one attached hydrogen (secondary N) is 3. The highest BCUT2D eigenvalue weighted by Gasteiger charge is 2.15. The molecule has 1 aromatic rings. The van der Waals surface area contributed by atoms with Crippen LogP contribution in [-0.4, -0.2) is 41.5 Å². The number of hydrogen-bond acceptors (Lipinski definition) is 4. The molecule has 2 rings (SSSR count). The molecule has 1 fully saturated rings. The Kier molecular flexibility index (Phi) is 6.48. The zero-order chi connectivity index (χ0) is 15.8. The van der Waals surface area contributed by atoms with Crippen molar-refractivity contribution in [3.63, 3.8) is 0 Å². The molecule has 6 nitrogen and oxygen atoms in total. The van der Waals surface area contributed by atoms with Crippen LogP contribution in [0.1, 0.15) is 32.1 Å². The molecule has 122 valence electrons. The van der Waals surface area contributed by atoms with Crippen LogP contribution in [0.2, 0.25) is 0 Å². The molecule has 0 aliphatic heterocycles. The van der Waals surface area contributed by atoms with Crippen LogP contribution in [0, 0.1) is 0 Å². The summed E-state index contributed by atoms with van der Waals surface area (Å²) in [5.41, 5.74) is 1.55. The standard InChI is InChI=1S/C16H25N3O3/c20-11-15(21)10-17-12-6-8-14(9-7-12)19-16(22)18-13-4-2-1-3-5-13/h6-9,13,15,17,20-21H,1-5,10-11H2,(H2,18,19,22). The molecule has 1 unspecified atom stereocenters. The number of aliphatic hydroxyl groups is 2. The molecular formula is C16H25N3O3. The predicted octanol–water partition coefficient (Wildman–Crippen LogP) is 1.91. The van der Waals surface area contributed by atoms with Crippen LogP contribution in [0.5, 0.6) is 0 Å². The van der Waals surface area contributed by atoms with Crippen LogP contribution in [0.3, 0.4) is 0 Å². The number of carbonyl (C=O) groups is 1. The molecule has 0 radical (unpaired) electrons. The minimum absolute atomic E-state index is 0.164. The molecule has 0 heterocycles. The van der Waals surface area contributed by atoms with Gasteiger partial charge >= 0.3 is 6.03 Å². The lowest BCUT2D eigenvalue weighted by Crippen LogP contribution is -2.38. The molecule has 1 saturated carbocycles. The summed E-state index contributed by atoms with van der Waals surface area (Å²) in [5, 5.41) is 26.8. The van der Waals surface area contributed by atoms with E-state index < -0.39 is 6.10 Å². The van der Waals surface area contributed by atoms with E-state index in [1.165, 1.54) is 19.3 Å². The van der Waals surface area contributed by atoms with E-state index in [0.717, 1.165) is 24.2 Å². The lowest BCUT2D eigenvalue weighted by Gasteiger charge is -2.22. The van der Waals surface area contributed by atoms with Crippen LogP contribution in [-0.2, 0) is 0 Å². The van der Waals surface area contributed by atoms with E-state index in [1.807, 2.05) is 12.1 Å². The molecule has 1 aliphatic carbocycles. The normalized spacial score (nSPS) is 16.8. The van der Waals surface area contributed by atoms with Crippen LogP contribution in [0.15, 0.2) is 24.3 Å². The summed E-state index contributed by atoms with van der Waals surface area (Å²) in [6.07, 6.45) is 4.97. The second kappa shape index (κ2) is 8.60. The number of amides is 2. The number of hydrogen-bond donors (Lipinski definition) is 5. The largest absolute Gasteiger partial charge is 0.394 e. The minimum Gasteiger partial charge on any atom is -0.394 e. The topological polar surface area (TPSA) is 93.6 Å². The van der Waals surface area contributed by atoms with Crippen LogP contribution in [0.25, 0.3) is 0 Å². The Hall–Kier alpha value is -1.79. The fourth-order valence-corrected chi connectivity index (χ4v) is 2.57. The van der Waals surface area contributed by atoms with Crippen molar-refractivity contribution in [1.29, 1.82) is 0 Å². The fraction of sp³-hybridized carbons (Fsp3) is 0.562. The Morgan fingerprint density at radius 3 is 2.41 bits per heavy atom. The minimum atomic E-state index is -0.779. The zero-order valence-electron chi connectivity index (χ0n) is 12.7. The monoisotopic (exact) mass is 307 g/mol. The smallest absolute Gasteiger partial charge is 0.319 e. The van der Waals surface area contributed by atoms with Crippen LogP contribution < -0.4 is 16.0 Å². The highest BCUT2D eigenvalue weighted by atomic mass is 16.3. The first-order valence-electron chi connectivity index (χ1n) is 7.88. The number of urea groups is 1. The van der Waals surface area contributed by atoms with Gasteiger partial charge in [-0.1, -0.05) is 19.3 Å². The second-order valence-electron chi connectivity index (χ2n) is 5.73. The van der Waals surface area contributed by atoms with Crippen molar-refractivity contribution in [2.24, 2.45) is 0 Å². The van der Waals surface area contributed by atoms with E-state index in [0.29, 0.717) is 0 Å². The van der Waals surface area contributed by atoms with Gasteiger partial charge in [-0.15, -0.1) is 0 Å². The summed E-state index contributed by atoms with van der Waals surface area (Å²) < 4.78 is 0. The summed E-state index contributed by atoms with van der Waals surface area (Å²) in [6.45, 7) is 0.0133. The van der Waals surface area contributed by atoms with Crippen molar-refractivity contribution in [1.82, 2.24) is 5.32 Å². The van der Waals surface area contributed by atoms with Crippen LogP contribution in [0.4, 0.5) is 16.2 Å². The molecule has 1 aliphatic rings. The number of rotatable bonds is 6. The molecular weight excluding hydrogens is 282 g/mol. The molecule has 22 heavy (non-hydrogen) atoms. The predicted molar refractivity (Wildman–Crippen MR) is 87.1 cm³/mol. The molecule has 1 atom stereocenters. The van der Waals surface area contributed by atoms with E-state index in [-0.39, 0.29) is 25.2 Å². The third kappa shape index (κ3) is 5.54. The molecule has 6 heteroatoms. The van der Waals surface area contributed by atoms with Gasteiger partial charge in [0, 0.05) is 24.0 Å². The first-order chi connectivity index (χ1) is 10.7. The van der Waals surface area contributed by atoms with E-state index in [1.54, 1.807) is 12.1 Å². The molecule has 0 bridgehead atoms. The highest BCUT2D eigenvalue weighted by molar-refractivity contribution is 5.89. The van der Waals surface area contributed by atoms with Gasteiger partial charge in [-0.05, 0) is 37.1 Å². The number of carbonyl (C=O) groups excluding carboxylic acids is 1. The van der Waals surface area contributed by atoms with Gasteiger partial charge in [0.1, 0.15) is 0 Å². The van der Waals surface area contributed by atoms with E-state index in [9.17, 15) is 9.90 Å². The molecule has 0 spiro atoms. The Balaban J connectivity index is 1.76. The van der Waals surface area contributed by atoms with Crippen molar-refractivity contribution in [3.8, 4) is 0 Å². The summed E-state index contributed by atoms with van der Waals surface area (Å²) in [4.78, 5) is 11.9. The van der Waals surface area contributed by atoms with Crippen molar-refractivity contribution >= 4 is 17.4 Å². The van der Waals surface area contributed by atoms with Gasteiger partial charge in [0.15, 0.2) is 0 Å². The maximum absolute atomic E-state index is 11.9. The molecule has 2 amide bonds. The van der Waals surface area contributed by atoms with Gasteiger partial charge in [-0.3, -0.25) is 0 Å². The highest BCUT2D eigenvalue weighted by Crippen LogP contribution is 2.18. The number of aliphatic hydroxyl groups excluding tert-OH is 2. The average molecular weight is 307 g/mol. The van der Waals surface area contributed by atoms with Crippen molar-refractivity contribution in [3.05, 3.63) is 24.3 Å². The molecule has 5 N–H and O–H groups in total. The molecule has 0 aromatic heterocycles. The average Bonchev–Trinajstić information content (AvgIpc) is 2.54. The first kappa shape index (κ1) is 16.6. The van der Waals surface area contributed by atoms with Crippen LogP contribution >= 0.6 is 0 Å². The van der Waals surface area contributed by atoms with E-state index >= 15 is 0 Å². The van der Waals surface area contributed by atoms with Gasteiger partial charge in [-0.2, -0.15) is 0 Å². The van der Waals surface area contributed by atoms with Gasteiger partial charge in [0.2, 0.25) is 0 Å². The van der Waals surface area contributed by atoms with Gasteiger partial charge in [-0.25, -0.2) is 4.79 Å². The summed E-state index contributed by atoms with van der Waals surface area (Å²) >= 11 is 0. The van der Waals surface area contributed by atoms with Crippen molar-refractivity contribution < 1.29 is 15.0 Å². The van der Waals surface area contributed by atoms with Gasteiger partial charge < -0.3 is 26.2 Å². The van der Waals surface area contributed by atoms with Gasteiger partial charge in [0.05, 0.1) is 12.7 Å². The third-order valence-corrected chi connectivity index (χ3v) is 3.84. The zero-order valence-corrected chi connectivity index (χ0v) is 12.7. The third-order valence-electron chi connectivity index (χ3n) is 3.84. The maximum Gasteiger partial charge on any atom is 0.319 e. The SMILES string of the molecule is O=C(Nc1ccc(NCC(O)CO)cc1)NC1CCCCC1. The second-order valence-corrected chi connectivity index (χ2v) is 5.73. The van der Waals surface area contributed by atoms with Crippen molar-refractivity contribution in [2.45, 2.75) is 44.2 Å². The number of anilines is 2. The van der Waals surface area contributed by atoms with E-state index in [2.05, 4.69) is 16.0 Å². The maximum atomic E-state index is 11.9. The Morgan fingerprint density at radius 1 is 1.14 bits per heavy atom. The Labute approximate surface area is 130 Å². The lowest BCUT2D eigenvalue weighted by atomic mass is 9.96.